The van der Waals surface area contributed by atoms with Gasteiger partial charge in [-0.1, -0.05) is 38.3 Å². The molecule has 0 unspecified atom stereocenters. The van der Waals surface area contributed by atoms with Gasteiger partial charge in [-0.3, -0.25) is 34.5 Å². The molecule has 66 heavy (non-hydrogen) atoms. The van der Waals surface area contributed by atoms with E-state index >= 15 is 0 Å². The van der Waals surface area contributed by atoms with E-state index in [1.807, 2.05) is 44.4 Å². The van der Waals surface area contributed by atoms with E-state index in [9.17, 15) is 19.2 Å². The summed E-state index contributed by atoms with van der Waals surface area (Å²) in [6, 6.07) is 8.03. The number of hydrogen-bond acceptors (Lipinski definition) is 12. The molecule has 4 aromatic heterocycles. The van der Waals surface area contributed by atoms with Crippen molar-refractivity contribution in [3.8, 4) is 11.5 Å². The lowest BCUT2D eigenvalue weighted by Gasteiger charge is -2.33. The Morgan fingerprint density at radius 2 is 1.44 bits per heavy atom. The smallest absolute Gasteiger partial charge is 0.276 e. The fraction of sp³-hybridized carbons (Fsp3) is 0.447. The summed E-state index contributed by atoms with van der Waals surface area (Å²) >= 11 is 1.31. The van der Waals surface area contributed by atoms with E-state index in [-0.39, 0.29) is 42.0 Å². The topological polar surface area (TPSA) is 232 Å². The fourth-order valence-corrected chi connectivity index (χ4v) is 10.4. The van der Waals surface area contributed by atoms with Crippen molar-refractivity contribution in [3.63, 3.8) is 0 Å². The molecule has 2 aromatic carbocycles. The van der Waals surface area contributed by atoms with Crippen LogP contribution >= 0.6 is 11.3 Å². The molecule has 4 amide bonds. The van der Waals surface area contributed by atoms with Crippen molar-refractivity contribution in [1.82, 2.24) is 38.8 Å². The van der Waals surface area contributed by atoms with E-state index in [0.29, 0.717) is 80.5 Å². The van der Waals surface area contributed by atoms with Crippen LogP contribution in [-0.2, 0) is 26.1 Å². The van der Waals surface area contributed by atoms with Crippen LogP contribution in [0, 0.1) is 19.3 Å². The summed E-state index contributed by atoms with van der Waals surface area (Å²) < 4.78 is 17.5. The van der Waals surface area contributed by atoms with Gasteiger partial charge < -0.3 is 35.0 Å². The number of ether oxygens (including phenoxy) is 2. The molecule has 1 saturated heterocycles. The number of fused-ring (bicyclic) bond motifs is 2. The molecule has 8 rings (SSSR count). The van der Waals surface area contributed by atoms with Gasteiger partial charge in [-0.15, -0.1) is 11.3 Å². The number of aryl methyl sites for hydroxylation is 4. The molecular formula is C47H58N12O6S. The van der Waals surface area contributed by atoms with E-state index in [4.69, 9.17) is 30.9 Å². The summed E-state index contributed by atoms with van der Waals surface area (Å²) in [5.74, 6) is -0.886. The van der Waals surface area contributed by atoms with Crippen molar-refractivity contribution in [2.45, 2.75) is 98.7 Å². The fourth-order valence-electron chi connectivity index (χ4n) is 9.50. The molecule has 6 N–H and O–H groups in total. The van der Waals surface area contributed by atoms with E-state index in [0.717, 1.165) is 31.1 Å². The summed E-state index contributed by atoms with van der Waals surface area (Å²) in [5, 5.41) is 11.2. The zero-order chi connectivity index (χ0) is 46.7. The van der Waals surface area contributed by atoms with E-state index in [1.54, 1.807) is 33.5 Å². The number of methoxy groups -OCH3 is 1. The van der Waals surface area contributed by atoms with Crippen LogP contribution in [0.5, 0.6) is 11.5 Å². The summed E-state index contributed by atoms with van der Waals surface area (Å²) in [6.45, 7) is 11.9. The summed E-state index contributed by atoms with van der Waals surface area (Å²) in [6.07, 6.45) is 13.0. The number of nitrogens with zero attached hydrogens (tertiary/aromatic N) is 8. The van der Waals surface area contributed by atoms with Crippen LogP contribution in [0.15, 0.2) is 42.5 Å². The Kier molecular flexibility index (Phi) is 13.6. The van der Waals surface area contributed by atoms with Gasteiger partial charge in [0.25, 0.3) is 11.8 Å². The Hall–Kier alpha value is -6.60. The summed E-state index contributed by atoms with van der Waals surface area (Å²) in [5.41, 5.74) is 16.0. The standard InChI is InChI=1S/C47H58N12O6S/c1-6-32-40(66-29(4)50-32)44(63)54-46-52-34-24-31(42(49)61)26-37(65-21-13-17-56-20-16-47(27-56)14-9-8-10-15-47)39(34)58(46)19-12-11-18-57-38-33(23-30(41(48)60)25-36(38)64-5)51-45(57)53-43(62)35-22-28(3)55-59(35)7-2/h11-12,22-26H,6-10,13-21,27H2,1-5H3,(H2,48,60)(H2,49,61)(H,51,53,62)(H,52,54,63)/b12-11+. The third kappa shape index (κ3) is 9.53. The second-order valence-electron chi connectivity index (χ2n) is 17.2. The van der Waals surface area contributed by atoms with Gasteiger partial charge in [-0.25, -0.2) is 15.0 Å². The average molecular weight is 919 g/mol. The zero-order valence-electron chi connectivity index (χ0n) is 38.2. The number of amides is 4. The third-order valence-electron chi connectivity index (χ3n) is 12.7. The first-order valence-electron chi connectivity index (χ1n) is 22.7. The van der Waals surface area contributed by atoms with Crippen LogP contribution in [-0.4, -0.2) is 95.7 Å². The maximum absolute atomic E-state index is 13.9. The van der Waals surface area contributed by atoms with Crippen LogP contribution < -0.4 is 31.6 Å². The molecule has 0 bridgehead atoms. The van der Waals surface area contributed by atoms with Gasteiger partial charge in [-0.2, -0.15) is 5.10 Å². The number of aromatic nitrogens is 7. The monoisotopic (exact) mass is 918 g/mol. The number of imidazole rings is 2. The number of primary amides is 2. The maximum Gasteiger partial charge on any atom is 0.276 e. The Morgan fingerprint density at radius 1 is 0.818 bits per heavy atom. The Bertz CT molecular complexity index is 2850. The lowest BCUT2D eigenvalue weighted by Crippen LogP contribution is -2.30. The molecule has 1 saturated carbocycles. The van der Waals surface area contributed by atoms with Gasteiger partial charge in [0.1, 0.15) is 33.1 Å². The quantitative estimate of drug-likeness (QED) is 0.0528. The lowest BCUT2D eigenvalue weighted by molar-refractivity contribution is 0.0991. The molecule has 1 aliphatic heterocycles. The highest BCUT2D eigenvalue weighted by atomic mass is 32.1. The Labute approximate surface area is 386 Å². The van der Waals surface area contributed by atoms with Crippen molar-refractivity contribution in [3.05, 3.63) is 80.6 Å². The molecule has 6 aromatic rings. The number of nitrogens with one attached hydrogen (secondary N) is 2. The van der Waals surface area contributed by atoms with Crippen LogP contribution in [0.1, 0.15) is 116 Å². The predicted molar refractivity (Wildman–Crippen MR) is 254 cm³/mol. The second kappa shape index (κ2) is 19.5. The molecule has 0 atom stereocenters. The number of carbonyl (C=O) groups excluding carboxylic acids is 4. The number of benzene rings is 2. The first-order chi connectivity index (χ1) is 31.8. The molecule has 1 spiro atoms. The van der Waals surface area contributed by atoms with Crippen LogP contribution in [0.4, 0.5) is 11.9 Å². The largest absolute Gasteiger partial charge is 0.494 e. The molecule has 2 fully saturated rings. The van der Waals surface area contributed by atoms with Crippen molar-refractivity contribution >= 4 is 68.9 Å². The van der Waals surface area contributed by atoms with Gasteiger partial charge in [0.05, 0.1) is 41.1 Å². The predicted octanol–water partition coefficient (Wildman–Crippen LogP) is 6.63. The number of carbonyl (C=O) groups is 4. The van der Waals surface area contributed by atoms with Crippen LogP contribution in [0.3, 0.4) is 0 Å². The minimum Gasteiger partial charge on any atom is -0.494 e. The minimum atomic E-state index is -0.658. The molecular weight excluding hydrogens is 861 g/mol. The first-order valence-corrected chi connectivity index (χ1v) is 23.5. The molecule has 2 aliphatic rings. The van der Waals surface area contributed by atoms with E-state index in [2.05, 4.69) is 25.6 Å². The number of likely N-dealkylation sites (tertiary alicyclic amines) is 1. The lowest BCUT2D eigenvalue weighted by atomic mass is 9.73. The Morgan fingerprint density at radius 3 is 2.05 bits per heavy atom. The number of hydrogen-bond donors (Lipinski definition) is 4. The molecule has 5 heterocycles. The summed E-state index contributed by atoms with van der Waals surface area (Å²) in [4.78, 5) is 69.8. The van der Waals surface area contributed by atoms with Gasteiger partial charge in [0, 0.05) is 43.9 Å². The average Bonchev–Trinajstić information content (AvgIpc) is 4.13. The van der Waals surface area contributed by atoms with Gasteiger partial charge in [-0.05, 0) is 95.2 Å². The Balaban J connectivity index is 1.12. The third-order valence-corrected chi connectivity index (χ3v) is 13.7. The molecule has 348 valence electrons. The van der Waals surface area contributed by atoms with Crippen molar-refractivity contribution in [2.24, 2.45) is 16.9 Å². The van der Waals surface area contributed by atoms with Crippen LogP contribution in [0.2, 0.25) is 0 Å². The first kappa shape index (κ1) is 45.9. The van der Waals surface area contributed by atoms with E-state index < -0.39 is 17.7 Å². The minimum absolute atomic E-state index is 0.186. The SMILES string of the molecule is CCc1nc(C)sc1C(=O)Nc1nc2cc(C(N)=O)cc(OCCCN3CCC4(CCCCC4)C3)c2n1C/C=C/Cn1c(NC(=O)c2cc(C)nn2CC)nc2cc(C(N)=O)cc(OC)c21. The maximum atomic E-state index is 13.9. The molecule has 1 aliphatic carbocycles. The normalized spacial score (nSPS) is 15.0. The number of thiazole rings is 1. The van der Waals surface area contributed by atoms with Crippen molar-refractivity contribution < 1.29 is 28.7 Å². The highest BCUT2D eigenvalue weighted by Gasteiger charge is 2.38. The molecule has 0 radical (unpaired) electrons. The number of nitrogens with two attached hydrogens (primary N) is 2. The van der Waals surface area contributed by atoms with Gasteiger partial charge in [0.15, 0.2) is 0 Å². The highest BCUT2D eigenvalue weighted by molar-refractivity contribution is 7.13. The van der Waals surface area contributed by atoms with Crippen molar-refractivity contribution in [2.75, 3.05) is 44.0 Å². The van der Waals surface area contributed by atoms with Crippen LogP contribution in [0.25, 0.3) is 22.1 Å². The molecule has 19 heteroatoms. The van der Waals surface area contributed by atoms with Gasteiger partial charge >= 0.3 is 0 Å². The number of anilines is 2. The van der Waals surface area contributed by atoms with Gasteiger partial charge in [0.2, 0.25) is 23.7 Å². The molecule has 18 nitrogen and oxygen atoms in total. The zero-order valence-corrected chi connectivity index (χ0v) is 39.1. The second-order valence-corrected chi connectivity index (χ2v) is 18.4. The van der Waals surface area contributed by atoms with E-state index in [1.165, 1.54) is 63.0 Å². The van der Waals surface area contributed by atoms with Crippen molar-refractivity contribution in [1.29, 1.82) is 0 Å². The summed E-state index contributed by atoms with van der Waals surface area (Å²) in [7, 11) is 1.48. The highest BCUT2D eigenvalue weighted by Crippen LogP contribution is 2.43. The number of allylic oxidation sites excluding steroid dienone is 2. The number of rotatable bonds is 18.